The maximum atomic E-state index is 12.3. The fourth-order valence-corrected chi connectivity index (χ4v) is 3.27. The molecule has 0 spiro atoms. The molecule has 35 heavy (non-hydrogen) atoms. The molecule has 1 aliphatic heterocycles. The Bertz CT molecular complexity index is 1080. The third-order valence-electron chi connectivity index (χ3n) is 5.02. The molecule has 3 N–H and O–H groups in total. The number of nitrogens with one attached hydrogen (secondary N) is 1. The molecule has 12 heteroatoms. The summed E-state index contributed by atoms with van der Waals surface area (Å²) >= 11 is 0. The number of nitrogens with zero attached hydrogens (tertiary/aromatic N) is 3. The highest BCUT2D eigenvalue weighted by Crippen LogP contribution is 2.26. The minimum absolute atomic E-state index is 0.163. The third-order valence-corrected chi connectivity index (χ3v) is 5.02. The number of hydrogen-bond donors (Lipinski definition) is 3. The first-order chi connectivity index (χ1) is 16.5. The number of carboxylic acid groups (broad SMARTS) is 2. The highest BCUT2D eigenvalue weighted by molar-refractivity contribution is 6.05. The summed E-state index contributed by atoms with van der Waals surface area (Å²) in [5, 5.41) is 28.2. The number of hydrogen-bond acceptors (Lipinski definition) is 6. The van der Waals surface area contributed by atoms with Crippen LogP contribution in [-0.2, 0) is 4.79 Å². The van der Waals surface area contributed by atoms with E-state index >= 15 is 0 Å². The quantitative estimate of drug-likeness (QED) is 0.559. The zero-order chi connectivity index (χ0) is 26.0. The average Bonchev–Trinajstić information content (AvgIpc) is 2.83. The van der Waals surface area contributed by atoms with Crippen LogP contribution in [0, 0.1) is 11.3 Å². The summed E-state index contributed by atoms with van der Waals surface area (Å²) < 4.78 is 31.7. The summed E-state index contributed by atoms with van der Waals surface area (Å²) in [5.74, 6) is -4.07. The lowest BCUT2D eigenvalue weighted by molar-refractivity contribution is -0.192. The number of aromatic carboxylic acids is 1. The second-order valence-electron chi connectivity index (χ2n) is 7.40. The molecule has 0 unspecified atom stereocenters. The standard InChI is InChI=1S/C21H22N4O3.C2HF3O2/c22-9-4-10-24-11-13-25(14-12-24)19-8-7-17(15-18(19)21(27)28)23-20(26)16-5-2-1-3-6-16;3-2(4,5)1(6)7/h1-3,5-8,15H,4,10-14H2,(H,23,26)(H,27,28);(H,6,7). The Morgan fingerprint density at radius 1 is 1.00 bits per heavy atom. The van der Waals surface area contributed by atoms with Crippen LogP contribution in [-0.4, -0.2) is 71.9 Å². The van der Waals surface area contributed by atoms with Gasteiger partial charge < -0.3 is 20.4 Å². The topological polar surface area (TPSA) is 134 Å². The summed E-state index contributed by atoms with van der Waals surface area (Å²) in [6.07, 6.45) is -4.59. The van der Waals surface area contributed by atoms with E-state index in [-0.39, 0.29) is 11.5 Å². The first-order valence-corrected chi connectivity index (χ1v) is 10.4. The number of anilines is 2. The molecule has 9 nitrogen and oxygen atoms in total. The molecular weight excluding hydrogens is 469 g/mol. The van der Waals surface area contributed by atoms with E-state index in [0.717, 1.165) is 19.6 Å². The molecule has 1 saturated heterocycles. The van der Waals surface area contributed by atoms with Gasteiger partial charge >= 0.3 is 18.1 Å². The second-order valence-corrected chi connectivity index (χ2v) is 7.40. The van der Waals surface area contributed by atoms with E-state index in [1.54, 1.807) is 36.4 Å². The smallest absolute Gasteiger partial charge is 0.478 e. The number of rotatable bonds is 6. The van der Waals surface area contributed by atoms with E-state index in [4.69, 9.17) is 15.2 Å². The van der Waals surface area contributed by atoms with Crippen LogP contribution in [0.2, 0.25) is 0 Å². The number of carbonyl (C=O) groups is 3. The van der Waals surface area contributed by atoms with Gasteiger partial charge in [0.05, 0.1) is 17.3 Å². The van der Waals surface area contributed by atoms with Gasteiger partial charge in [0.1, 0.15) is 0 Å². The molecule has 0 aliphatic carbocycles. The maximum Gasteiger partial charge on any atom is 0.490 e. The van der Waals surface area contributed by atoms with Crippen LogP contribution in [0.3, 0.4) is 0 Å². The molecule has 0 radical (unpaired) electrons. The number of amides is 1. The van der Waals surface area contributed by atoms with Crippen LogP contribution in [0.5, 0.6) is 0 Å². The van der Waals surface area contributed by atoms with E-state index in [2.05, 4.69) is 16.3 Å². The van der Waals surface area contributed by atoms with Crippen LogP contribution in [0.1, 0.15) is 27.1 Å². The fourth-order valence-electron chi connectivity index (χ4n) is 3.27. The van der Waals surface area contributed by atoms with Crippen molar-refractivity contribution in [1.29, 1.82) is 5.26 Å². The van der Waals surface area contributed by atoms with Gasteiger partial charge in [0, 0.05) is 50.4 Å². The number of carboxylic acids is 2. The van der Waals surface area contributed by atoms with Crippen molar-refractivity contribution in [3.63, 3.8) is 0 Å². The van der Waals surface area contributed by atoms with Crippen molar-refractivity contribution in [3.8, 4) is 6.07 Å². The van der Waals surface area contributed by atoms with Gasteiger partial charge in [-0.1, -0.05) is 18.2 Å². The lowest BCUT2D eigenvalue weighted by Gasteiger charge is -2.36. The highest BCUT2D eigenvalue weighted by atomic mass is 19.4. The Morgan fingerprint density at radius 3 is 2.11 bits per heavy atom. The predicted octanol–water partition coefficient (Wildman–Crippen LogP) is 3.31. The van der Waals surface area contributed by atoms with Crippen LogP contribution < -0.4 is 10.2 Å². The van der Waals surface area contributed by atoms with Gasteiger partial charge in [0.25, 0.3) is 5.91 Å². The zero-order valence-electron chi connectivity index (χ0n) is 18.5. The number of aliphatic carboxylic acids is 1. The fraction of sp³-hybridized carbons (Fsp3) is 0.304. The van der Waals surface area contributed by atoms with Gasteiger partial charge in [-0.25, -0.2) is 9.59 Å². The monoisotopic (exact) mass is 492 g/mol. The molecule has 0 bridgehead atoms. The van der Waals surface area contributed by atoms with Crippen LogP contribution in [0.15, 0.2) is 48.5 Å². The van der Waals surface area contributed by atoms with Crippen LogP contribution in [0.4, 0.5) is 24.5 Å². The molecule has 1 aliphatic rings. The number of piperazine rings is 1. The molecule has 1 amide bonds. The molecule has 2 aromatic rings. The van der Waals surface area contributed by atoms with Crippen molar-refractivity contribution in [3.05, 3.63) is 59.7 Å². The Balaban J connectivity index is 0.000000540. The average molecular weight is 492 g/mol. The number of nitriles is 1. The maximum absolute atomic E-state index is 12.3. The Labute approximate surface area is 199 Å². The molecule has 3 rings (SSSR count). The van der Waals surface area contributed by atoms with E-state index in [9.17, 15) is 27.9 Å². The molecule has 0 saturated carbocycles. The molecule has 0 aromatic heterocycles. The van der Waals surface area contributed by atoms with Gasteiger partial charge in [-0.2, -0.15) is 18.4 Å². The normalized spacial score (nSPS) is 13.7. The van der Waals surface area contributed by atoms with Gasteiger partial charge in [0.15, 0.2) is 0 Å². The lowest BCUT2D eigenvalue weighted by atomic mass is 10.1. The number of benzene rings is 2. The molecule has 186 valence electrons. The van der Waals surface area contributed by atoms with E-state index < -0.39 is 18.1 Å². The van der Waals surface area contributed by atoms with Crippen molar-refractivity contribution in [2.45, 2.75) is 12.6 Å². The summed E-state index contributed by atoms with van der Waals surface area (Å²) in [4.78, 5) is 37.2. The third kappa shape index (κ3) is 8.31. The molecule has 1 heterocycles. The molecule has 0 atom stereocenters. The lowest BCUT2D eigenvalue weighted by Crippen LogP contribution is -2.47. The Hall–Kier alpha value is -4.11. The van der Waals surface area contributed by atoms with Crippen LogP contribution >= 0.6 is 0 Å². The van der Waals surface area contributed by atoms with Crippen molar-refractivity contribution >= 4 is 29.2 Å². The van der Waals surface area contributed by atoms with Gasteiger partial charge in [-0.3, -0.25) is 9.69 Å². The minimum atomic E-state index is -5.08. The van der Waals surface area contributed by atoms with Gasteiger partial charge in [-0.05, 0) is 30.3 Å². The predicted molar refractivity (Wildman–Crippen MR) is 120 cm³/mol. The summed E-state index contributed by atoms with van der Waals surface area (Å²) in [7, 11) is 0. The van der Waals surface area contributed by atoms with Crippen molar-refractivity contribution in [1.82, 2.24) is 4.90 Å². The number of alkyl halides is 3. The number of carbonyl (C=O) groups excluding carboxylic acids is 1. The van der Waals surface area contributed by atoms with Crippen molar-refractivity contribution < 1.29 is 37.8 Å². The summed E-state index contributed by atoms with van der Waals surface area (Å²) in [6, 6.07) is 15.9. The Morgan fingerprint density at radius 2 is 1.60 bits per heavy atom. The summed E-state index contributed by atoms with van der Waals surface area (Å²) in [6.45, 7) is 3.70. The highest BCUT2D eigenvalue weighted by Gasteiger charge is 2.38. The second kappa shape index (κ2) is 12.4. The minimum Gasteiger partial charge on any atom is -0.478 e. The molecular formula is C23H23F3N4O5. The van der Waals surface area contributed by atoms with Crippen molar-refractivity contribution in [2.24, 2.45) is 0 Å². The van der Waals surface area contributed by atoms with Gasteiger partial charge in [0.2, 0.25) is 0 Å². The Kier molecular flexibility index (Phi) is 9.60. The zero-order valence-corrected chi connectivity index (χ0v) is 18.5. The van der Waals surface area contributed by atoms with E-state index in [1.165, 1.54) is 6.07 Å². The summed E-state index contributed by atoms with van der Waals surface area (Å²) in [5.41, 5.74) is 1.76. The first-order valence-electron chi connectivity index (χ1n) is 10.4. The van der Waals surface area contributed by atoms with Gasteiger partial charge in [-0.15, -0.1) is 0 Å². The van der Waals surface area contributed by atoms with Crippen LogP contribution in [0.25, 0.3) is 0 Å². The van der Waals surface area contributed by atoms with Crippen molar-refractivity contribution in [2.75, 3.05) is 42.9 Å². The molecule has 2 aromatic carbocycles. The molecule has 1 fully saturated rings. The first kappa shape index (κ1) is 27.1. The SMILES string of the molecule is N#CCCN1CCN(c2ccc(NC(=O)c3ccccc3)cc2C(=O)O)CC1.O=C(O)C(F)(F)F. The van der Waals surface area contributed by atoms with E-state index in [1.807, 2.05) is 11.0 Å². The number of halogens is 3. The van der Waals surface area contributed by atoms with E-state index in [0.29, 0.717) is 36.4 Å². The largest absolute Gasteiger partial charge is 0.490 e.